The zero-order valence-electron chi connectivity index (χ0n) is 8.66. The first-order chi connectivity index (χ1) is 8.19. The van der Waals surface area contributed by atoms with Gasteiger partial charge in [-0.1, -0.05) is 23.4 Å². The highest BCUT2D eigenvalue weighted by Gasteiger charge is 2.02. The molecule has 0 fully saturated rings. The second-order valence-corrected chi connectivity index (χ2v) is 4.81. The Hall–Kier alpha value is -1.18. The zero-order valence-corrected chi connectivity index (χ0v) is 11.1. The third-order valence-corrected chi connectivity index (χ3v) is 3.33. The Morgan fingerprint density at radius 1 is 1.41 bits per heavy atom. The van der Waals surface area contributed by atoms with Crippen LogP contribution in [-0.2, 0) is 0 Å². The molecule has 1 aromatic carbocycles. The minimum absolute atomic E-state index is 0.0196. The Balaban J connectivity index is 2.16. The molecule has 17 heavy (non-hydrogen) atoms. The van der Waals surface area contributed by atoms with Crippen LogP contribution in [0, 0.1) is 0 Å². The third kappa shape index (κ3) is 3.15. The second-order valence-electron chi connectivity index (χ2n) is 2.90. The van der Waals surface area contributed by atoms with E-state index in [2.05, 4.69) is 19.6 Å². The molecule has 0 unspecified atom stereocenters. The number of thioether (sulfide) groups is 1. The molecule has 0 aliphatic heterocycles. The van der Waals surface area contributed by atoms with Gasteiger partial charge in [0.05, 0.1) is 10.7 Å². The molecule has 1 heterocycles. The second kappa shape index (κ2) is 5.44. The van der Waals surface area contributed by atoms with Crippen molar-refractivity contribution in [2.45, 2.75) is 5.16 Å². The number of aromatic hydroxyl groups is 1. The fourth-order valence-corrected chi connectivity index (χ4v) is 2.21. The van der Waals surface area contributed by atoms with Crippen LogP contribution in [0.1, 0.15) is 0 Å². The summed E-state index contributed by atoms with van der Waals surface area (Å²) in [5.41, 5.74) is 0.550. The molecule has 0 bridgehead atoms. The molecule has 0 atom stereocenters. The first-order valence-corrected chi connectivity index (χ1v) is 6.84. The van der Waals surface area contributed by atoms with Crippen molar-refractivity contribution in [1.29, 1.82) is 0 Å². The van der Waals surface area contributed by atoms with Gasteiger partial charge >= 0.3 is 0 Å². The molecule has 2 aromatic rings. The van der Waals surface area contributed by atoms with E-state index in [9.17, 15) is 5.11 Å². The van der Waals surface area contributed by atoms with Crippen LogP contribution in [0.4, 0.5) is 10.8 Å². The summed E-state index contributed by atoms with van der Waals surface area (Å²) < 4.78 is 4.05. The average molecular weight is 287 g/mol. The van der Waals surface area contributed by atoms with Gasteiger partial charge in [-0.3, -0.25) is 0 Å². The number of aromatic nitrogens is 2. The standard InChI is InChI=1S/C9H7ClN4OS2/c1-16-9-11-8(17-14-9)13-12-5-2-3-7(15)6(10)4-5/h2-4,15H,1H3. The minimum atomic E-state index is 0.0196. The van der Waals surface area contributed by atoms with Gasteiger partial charge < -0.3 is 5.11 Å². The fraction of sp³-hybridized carbons (Fsp3) is 0.111. The van der Waals surface area contributed by atoms with Gasteiger partial charge in [0, 0.05) is 11.5 Å². The lowest BCUT2D eigenvalue weighted by atomic mass is 10.3. The highest BCUT2D eigenvalue weighted by Crippen LogP contribution is 2.29. The van der Waals surface area contributed by atoms with Crippen LogP contribution in [0.5, 0.6) is 5.75 Å². The lowest BCUT2D eigenvalue weighted by Crippen LogP contribution is -1.69. The van der Waals surface area contributed by atoms with Crippen LogP contribution in [-0.4, -0.2) is 20.7 Å². The van der Waals surface area contributed by atoms with E-state index in [4.69, 9.17) is 11.6 Å². The highest BCUT2D eigenvalue weighted by atomic mass is 35.5. The zero-order chi connectivity index (χ0) is 12.3. The molecular weight excluding hydrogens is 280 g/mol. The lowest BCUT2D eigenvalue weighted by Gasteiger charge is -1.95. The number of phenols is 1. The number of azo groups is 1. The Kier molecular flexibility index (Phi) is 3.93. The molecule has 0 spiro atoms. The quantitative estimate of drug-likeness (QED) is 0.683. The van der Waals surface area contributed by atoms with Crippen LogP contribution in [0.15, 0.2) is 33.6 Å². The summed E-state index contributed by atoms with van der Waals surface area (Å²) in [7, 11) is 0. The van der Waals surface area contributed by atoms with Gasteiger partial charge in [-0.05, 0) is 24.5 Å². The number of nitrogens with zero attached hydrogens (tertiary/aromatic N) is 4. The Morgan fingerprint density at radius 2 is 2.24 bits per heavy atom. The van der Waals surface area contributed by atoms with Crippen molar-refractivity contribution in [2.24, 2.45) is 10.2 Å². The van der Waals surface area contributed by atoms with E-state index in [0.29, 0.717) is 16.0 Å². The molecule has 0 saturated heterocycles. The minimum Gasteiger partial charge on any atom is -0.506 e. The van der Waals surface area contributed by atoms with Crippen molar-refractivity contribution in [3.05, 3.63) is 23.2 Å². The summed E-state index contributed by atoms with van der Waals surface area (Å²) in [6.45, 7) is 0. The predicted octanol–water partition coefficient (Wildman–Crippen LogP) is 4.03. The lowest BCUT2D eigenvalue weighted by molar-refractivity contribution is 0.475. The Bertz CT molecular complexity index is 558. The smallest absolute Gasteiger partial charge is 0.250 e. The number of rotatable bonds is 3. The fourth-order valence-electron chi connectivity index (χ4n) is 0.985. The van der Waals surface area contributed by atoms with E-state index in [-0.39, 0.29) is 10.8 Å². The molecule has 88 valence electrons. The van der Waals surface area contributed by atoms with Crippen molar-refractivity contribution >= 4 is 45.7 Å². The van der Waals surface area contributed by atoms with Crippen molar-refractivity contribution in [1.82, 2.24) is 9.36 Å². The van der Waals surface area contributed by atoms with Crippen LogP contribution >= 0.6 is 34.9 Å². The molecule has 1 aromatic heterocycles. The van der Waals surface area contributed by atoms with Crippen LogP contribution < -0.4 is 0 Å². The van der Waals surface area contributed by atoms with Crippen molar-refractivity contribution in [3.8, 4) is 5.75 Å². The van der Waals surface area contributed by atoms with E-state index < -0.39 is 0 Å². The van der Waals surface area contributed by atoms with Crippen LogP contribution in [0.2, 0.25) is 5.02 Å². The molecule has 0 amide bonds. The van der Waals surface area contributed by atoms with Gasteiger partial charge in [-0.2, -0.15) is 9.36 Å². The first-order valence-electron chi connectivity index (χ1n) is 4.47. The third-order valence-electron chi connectivity index (χ3n) is 1.76. The van der Waals surface area contributed by atoms with E-state index in [1.807, 2.05) is 6.26 Å². The predicted molar refractivity (Wildman–Crippen MR) is 69.0 cm³/mol. The Labute approximate surface area is 111 Å². The molecule has 0 aliphatic carbocycles. The maximum Gasteiger partial charge on any atom is 0.250 e. The van der Waals surface area contributed by atoms with Crippen LogP contribution in [0.25, 0.3) is 0 Å². The maximum absolute atomic E-state index is 9.24. The van der Waals surface area contributed by atoms with E-state index in [1.54, 1.807) is 6.07 Å². The van der Waals surface area contributed by atoms with Gasteiger partial charge in [0.1, 0.15) is 5.75 Å². The molecule has 0 aliphatic rings. The molecule has 8 heteroatoms. The van der Waals surface area contributed by atoms with Crippen molar-refractivity contribution in [2.75, 3.05) is 6.26 Å². The largest absolute Gasteiger partial charge is 0.506 e. The summed E-state index contributed by atoms with van der Waals surface area (Å²) in [6.07, 6.45) is 1.89. The van der Waals surface area contributed by atoms with E-state index >= 15 is 0 Å². The number of hydrogen-bond acceptors (Lipinski definition) is 7. The topological polar surface area (TPSA) is 70.7 Å². The monoisotopic (exact) mass is 286 g/mol. The maximum atomic E-state index is 9.24. The van der Waals surface area contributed by atoms with Crippen LogP contribution in [0.3, 0.4) is 0 Å². The number of halogens is 1. The molecule has 0 radical (unpaired) electrons. The molecule has 2 rings (SSSR count). The van der Waals surface area contributed by atoms with Gasteiger partial charge in [0.15, 0.2) is 0 Å². The summed E-state index contributed by atoms with van der Waals surface area (Å²) in [5, 5.41) is 18.5. The Morgan fingerprint density at radius 3 is 2.88 bits per heavy atom. The van der Waals surface area contributed by atoms with Gasteiger partial charge in [0.2, 0.25) is 10.3 Å². The molecule has 0 saturated carbocycles. The van der Waals surface area contributed by atoms with Gasteiger partial charge in [-0.25, -0.2) is 0 Å². The summed E-state index contributed by atoms with van der Waals surface area (Å²) in [6, 6.07) is 4.60. The van der Waals surface area contributed by atoms with Gasteiger partial charge in [-0.15, -0.1) is 10.2 Å². The molecule has 5 nitrogen and oxygen atoms in total. The molecular formula is C9H7ClN4OS2. The summed E-state index contributed by atoms with van der Waals surface area (Å²) in [4.78, 5) is 4.11. The highest BCUT2D eigenvalue weighted by molar-refractivity contribution is 7.98. The van der Waals surface area contributed by atoms with Crippen molar-refractivity contribution < 1.29 is 5.11 Å². The number of phenolic OH excluding ortho intramolecular Hbond substituents is 1. The summed E-state index contributed by atoms with van der Waals surface area (Å²) in [5.74, 6) is 0.0196. The SMILES string of the molecule is CSc1nsc(N=Nc2ccc(O)c(Cl)c2)n1. The summed E-state index contributed by atoms with van der Waals surface area (Å²) >= 11 is 8.37. The van der Waals surface area contributed by atoms with E-state index in [0.717, 1.165) is 0 Å². The number of hydrogen-bond donors (Lipinski definition) is 1. The van der Waals surface area contributed by atoms with E-state index in [1.165, 1.54) is 35.4 Å². The average Bonchev–Trinajstić information content (AvgIpc) is 2.79. The molecule has 1 N–H and O–H groups in total. The normalized spacial score (nSPS) is 11.2. The first kappa shape index (κ1) is 12.3. The number of benzene rings is 1. The van der Waals surface area contributed by atoms with Gasteiger partial charge in [0.25, 0.3) is 0 Å². The van der Waals surface area contributed by atoms with Crippen molar-refractivity contribution in [3.63, 3.8) is 0 Å².